The molecule has 0 spiro atoms. The molecule has 0 saturated carbocycles. The molecule has 0 aromatic heterocycles. The van der Waals surface area contributed by atoms with Crippen LogP contribution in [0, 0.1) is 5.92 Å². The average Bonchev–Trinajstić information content (AvgIpc) is 2.53. The minimum atomic E-state index is 0.658. The fourth-order valence-electron chi connectivity index (χ4n) is 1.83. The molecule has 2 unspecified atom stereocenters. The molecule has 3 nitrogen and oxygen atoms in total. The van der Waals surface area contributed by atoms with Gasteiger partial charge in [0.25, 0.3) is 0 Å². The molecule has 2 atom stereocenters. The van der Waals surface area contributed by atoms with Gasteiger partial charge in [0.1, 0.15) is 0 Å². The van der Waals surface area contributed by atoms with Crippen molar-refractivity contribution >= 4 is 0 Å². The van der Waals surface area contributed by atoms with Crippen molar-refractivity contribution in [2.45, 2.75) is 25.8 Å². The second-order valence-corrected chi connectivity index (χ2v) is 4.17. The summed E-state index contributed by atoms with van der Waals surface area (Å²) < 4.78 is 0. The molecule has 3 N–H and O–H groups in total. The number of hydrogen-bond donors (Lipinski definition) is 2. The standard InChI is InChI=1S/C10H23N3/c1-3-9(6-11)7-12-10-4-5-13(2)8-10/h9-10,12H,3-8,11H2,1-2H3. The van der Waals surface area contributed by atoms with Crippen LogP contribution in [0.3, 0.4) is 0 Å². The number of likely N-dealkylation sites (tertiary alicyclic amines) is 1. The van der Waals surface area contributed by atoms with E-state index >= 15 is 0 Å². The van der Waals surface area contributed by atoms with Crippen LogP contribution >= 0.6 is 0 Å². The Labute approximate surface area is 81.7 Å². The van der Waals surface area contributed by atoms with E-state index in [0.29, 0.717) is 12.0 Å². The first-order valence-electron chi connectivity index (χ1n) is 5.38. The van der Waals surface area contributed by atoms with Crippen LogP contribution in [0.25, 0.3) is 0 Å². The Kier molecular flexibility index (Phi) is 4.70. The third-order valence-corrected chi connectivity index (χ3v) is 3.00. The molecular weight excluding hydrogens is 162 g/mol. The number of nitrogens with two attached hydrogens (primary N) is 1. The maximum absolute atomic E-state index is 5.64. The van der Waals surface area contributed by atoms with E-state index < -0.39 is 0 Å². The molecule has 13 heavy (non-hydrogen) atoms. The molecule has 0 amide bonds. The molecule has 0 aromatic rings. The number of hydrogen-bond acceptors (Lipinski definition) is 3. The van der Waals surface area contributed by atoms with Gasteiger partial charge in [0, 0.05) is 12.6 Å². The number of nitrogens with zero attached hydrogens (tertiary/aromatic N) is 1. The topological polar surface area (TPSA) is 41.3 Å². The van der Waals surface area contributed by atoms with Gasteiger partial charge in [-0.2, -0.15) is 0 Å². The van der Waals surface area contributed by atoms with Crippen LogP contribution < -0.4 is 11.1 Å². The lowest BCUT2D eigenvalue weighted by Crippen LogP contribution is -2.37. The smallest absolute Gasteiger partial charge is 0.0207 e. The van der Waals surface area contributed by atoms with Gasteiger partial charge in [0.05, 0.1) is 0 Å². The van der Waals surface area contributed by atoms with Gasteiger partial charge in [-0.1, -0.05) is 13.3 Å². The largest absolute Gasteiger partial charge is 0.330 e. The fourth-order valence-corrected chi connectivity index (χ4v) is 1.83. The van der Waals surface area contributed by atoms with Gasteiger partial charge in [-0.3, -0.25) is 0 Å². The number of rotatable bonds is 5. The van der Waals surface area contributed by atoms with Gasteiger partial charge < -0.3 is 16.0 Å². The van der Waals surface area contributed by atoms with Crippen LogP contribution in [0.5, 0.6) is 0 Å². The minimum absolute atomic E-state index is 0.658. The highest BCUT2D eigenvalue weighted by molar-refractivity contribution is 4.79. The zero-order valence-corrected chi connectivity index (χ0v) is 8.92. The Hall–Kier alpha value is -0.120. The first kappa shape index (κ1) is 11.0. The van der Waals surface area contributed by atoms with Gasteiger partial charge in [0.15, 0.2) is 0 Å². The average molecular weight is 185 g/mol. The molecule has 1 heterocycles. The summed E-state index contributed by atoms with van der Waals surface area (Å²) in [6.07, 6.45) is 2.48. The summed E-state index contributed by atoms with van der Waals surface area (Å²) in [5, 5.41) is 3.59. The molecule has 78 valence electrons. The molecule has 0 aliphatic carbocycles. The van der Waals surface area contributed by atoms with E-state index in [1.54, 1.807) is 0 Å². The summed E-state index contributed by atoms with van der Waals surface area (Å²) in [6, 6.07) is 0.700. The molecule has 1 saturated heterocycles. The molecule has 3 heteroatoms. The van der Waals surface area contributed by atoms with Crippen molar-refractivity contribution in [1.82, 2.24) is 10.2 Å². The van der Waals surface area contributed by atoms with Crippen molar-refractivity contribution in [2.75, 3.05) is 33.2 Å². The highest BCUT2D eigenvalue weighted by Gasteiger charge is 2.19. The maximum Gasteiger partial charge on any atom is 0.0207 e. The van der Waals surface area contributed by atoms with Crippen molar-refractivity contribution in [2.24, 2.45) is 11.7 Å². The molecular formula is C10H23N3. The van der Waals surface area contributed by atoms with Gasteiger partial charge in [0.2, 0.25) is 0 Å². The van der Waals surface area contributed by atoms with Crippen LogP contribution in [-0.2, 0) is 0 Å². The Balaban J connectivity index is 2.11. The first-order valence-corrected chi connectivity index (χ1v) is 5.38. The Bertz CT molecular complexity index is 134. The Morgan fingerprint density at radius 3 is 2.85 bits per heavy atom. The van der Waals surface area contributed by atoms with Gasteiger partial charge in [-0.15, -0.1) is 0 Å². The van der Waals surface area contributed by atoms with Crippen LogP contribution in [-0.4, -0.2) is 44.2 Å². The SMILES string of the molecule is CCC(CN)CNC1CCN(C)C1. The van der Waals surface area contributed by atoms with Crippen molar-refractivity contribution in [3.8, 4) is 0 Å². The van der Waals surface area contributed by atoms with Gasteiger partial charge in [-0.25, -0.2) is 0 Å². The summed E-state index contributed by atoms with van der Waals surface area (Å²) in [6.45, 7) is 6.54. The molecule has 1 aliphatic rings. The zero-order chi connectivity index (χ0) is 9.68. The molecule has 0 radical (unpaired) electrons. The summed E-state index contributed by atoms with van der Waals surface area (Å²) in [5.41, 5.74) is 5.64. The van der Waals surface area contributed by atoms with Crippen LogP contribution in [0.4, 0.5) is 0 Å². The van der Waals surface area contributed by atoms with E-state index in [4.69, 9.17) is 5.73 Å². The Morgan fingerprint density at radius 2 is 2.38 bits per heavy atom. The highest BCUT2D eigenvalue weighted by atomic mass is 15.2. The monoisotopic (exact) mass is 185 g/mol. The third kappa shape index (κ3) is 3.63. The van der Waals surface area contributed by atoms with Crippen molar-refractivity contribution in [1.29, 1.82) is 0 Å². The lowest BCUT2D eigenvalue weighted by molar-refractivity contribution is 0.382. The van der Waals surface area contributed by atoms with Gasteiger partial charge in [-0.05, 0) is 39.0 Å². The summed E-state index contributed by atoms with van der Waals surface area (Å²) >= 11 is 0. The second-order valence-electron chi connectivity index (χ2n) is 4.17. The van der Waals surface area contributed by atoms with Gasteiger partial charge >= 0.3 is 0 Å². The summed E-state index contributed by atoms with van der Waals surface area (Å²) in [4.78, 5) is 2.38. The lowest BCUT2D eigenvalue weighted by atomic mass is 10.1. The van der Waals surface area contributed by atoms with Crippen LogP contribution in [0.15, 0.2) is 0 Å². The van der Waals surface area contributed by atoms with E-state index in [9.17, 15) is 0 Å². The maximum atomic E-state index is 5.64. The highest BCUT2D eigenvalue weighted by Crippen LogP contribution is 2.07. The van der Waals surface area contributed by atoms with Crippen LogP contribution in [0.1, 0.15) is 19.8 Å². The predicted octanol–water partition coefficient (Wildman–Crippen LogP) is 0.265. The van der Waals surface area contributed by atoms with E-state index in [1.165, 1.54) is 25.9 Å². The van der Waals surface area contributed by atoms with Crippen LogP contribution in [0.2, 0.25) is 0 Å². The normalized spacial score (nSPS) is 26.5. The molecule has 0 aromatic carbocycles. The minimum Gasteiger partial charge on any atom is -0.330 e. The quantitative estimate of drug-likeness (QED) is 0.646. The third-order valence-electron chi connectivity index (χ3n) is 3.00. The molecule has 0 bridgehead atoms. The molecule has 1 rings (SSSR count). The van der Waals surface area contributed by atoms with Crippen molar-refractivity contribution in [3.05, 3.63) is 0 Å². The first-order chi connectivity index (χ1) is 6.26. The van der Waals surface area contributed by atoms with E-state index in [1.807, 2.05) is 0 Å². The summed E-state index contributed by atoms with van der Waals surface area (Å²) in [7, 11) is 2.18. The Morgan fingerprint density at radius 1 is 1.62 bits per heavy atom. The number of likely N-dealkylation sites (N-methyl/N-ethyl adjacent to an activating group) is 1. The fraction of sp³-hybridized carbons (Fsp3) is 1.00. The van der Waals surface area contributed by atoms with E-state index in [0.717, 1.165) is 13.1 Å². The van der Waals surface area contributed by atoms with E-state index in [2.05, 4.69) is 24.2 Å². The zero-order valence-electron chi connectivity index (χ0n) is 8.92. The van der Waals surface area contributed by atoms with Crippen molar-refractivity contribution < 1.29 is 0 Å². The molecule has 1 fully saturated rings. The molecule has 1 aliphatic heterocycles. The lowest BCUT2D eigenvalue weighted by Gasteiger charge is -2.17. The summed E-state index contributed by atoms with van der Waals surface area (Å²) in [5.74, 6) is 0.658. The predicted molar refractivity (Wildman–Crippen MR) is 56.7 cm³/mol. The van der Waals surface area contributed by atoms with Crippen molar-refractivity contribution in [3.63, 3.8) is 0 Å². The second kappa shape index (κ2) is 5.58. The van der Waals surface area contributed by atoms with E-state index in [-0.39, 0.29) is 0 Å². The number of nitrogens with one attached hydrogen (secondary N) is 1.